The number of benzene rings is 3. The Morgan fingerprint density at radius 2 is 1.71 bits per heavy atom. The molecule has 0 saturated heterocycles. The number of rotatable bonds is 5. The maximum Gasteiger partial charge on any atom is 0.283 e. The summed E-state index contributed by atoms with van der Waals surface area (Å²) in [6, 6.07) is 23.6. The van der Waals surface area contributed by atoms with E-state index in [0.29, 0.717) is 29.7 Å². The van der Waals surface area contributed by atoms with Crippen molar-refractivity contribution in [1.29, 1.82) is 0 Å². The smallest absolute Gasteiger partial charge is 0.283 e. The molecule has 0 unspecified atom stereocenters. The number of fused-ring (bicyclic) bond motifs is 2. The Morgan fingerprint density at radius 3 is 2.56 bits per heavy atom. The molecule has 0 bridgehead atoms. The Labute approximate surface area is 193 Å². The molecule has 0 amide bonds. The van der Waals surface area contributed by atoms with Gasteiger partial charge in [-0.3, -0.25) is 9.36 Å². The van der Waals surface area contributed by atoms with Crippen molar-refractivity contribution in [1.82, 2.24) is 34.7 Å². The van der Waals surface area contributed by atoms with Crippen LogP contribution >= 0.6 is 0 Å². The van der Waals surface area contributed by atoms with E-state index in [0.717, 1.165) is 21.9 Å². The summed E-state index contributed by atoms with van der Waals surface area (Å²) in [6.45, 7) is 2.51. The highest BCUT2D eigenvalue weighted by Gasteiger charge is 2.19. The lowest BCUT2D eigenvalue weighted by Gasteiger charge is -2.10. The molecule has 0 N–H and O–H groups in total. The summed E-state index contributed by atoms with van der Waals surface area (Å²) in [7, 11) is 0. The summed E-state index contributed by atoms with van der Waals surface area (Å²) in [5, 5.41) is 14.6. The van der Waals surface area contributed by atoms with Gasteiger partial charge in [0.1, 0.15) is 12.4 Å². The average molecular weight is 449 g/mol. The molecule has 0 spiro atoms. The molecular formula is C25H19N7O2. The monoisotopic (exact) mass is 449 g/mol. The molecule has 0 fully saturated rings. The molecule has 0 saturated carbocycles. The van der Waals surface area contributed by atoms with E-state index in [-0.39, 0.29) is 17.6 Å². The fourth-order valence-corrected chi connectivity index (χ4v) is 4.13. The van der Waals surface area contributed by atoms with E-state index >= 15 is 0 Å². The van der Waals surface area contributed by atoms with Crippen LogP contribution in [-0.2, 0) is 13.1 Å². The zero-order valence-corrected chi connectivity index (χ0v) is 18.3. The van der Waals surface area contributed by atoms with E-state index in [1.165, 1.54) is 4.68 Å². The van der Waals surface area contributed by atoms with Crippen LogP contribution in [0.25, 0.3) is 44.7 Å². The van der Waals surface area contributed by atoms with E-state index in [9.17, 15) is 4.79 Å². The van der Waals surface area contributed by atoms with Gasteiger partial charge in [-0.05, 0) is 17.7 Å². The number of hydrogen-bond acceptors (Lipinski definition) is 7. The maximum absolute atomic E-state index is 13.1. The van der Waals surface area contributed by atoms with Gasteiger partial charge in [0.25, 0.3) is 5.56 Å². The molecule has 0 aliphatic rings. The molecule has 0 aliphatic heterocycles. The van der Waals surface area contributed by atoms with E-state index in [1.807, 2.05) is 79.7 Å². The molecule has 9 nitrogen and oxygen atoms in total. The second-order valence-electron chi connectivity index (χ2n) is 7.81. The summed E-state index contributed by atoms with van der Waals surface area (Å²) < 4.78 is 8.64. The largest absolute Gasteiger partial charge is 0.337 e. The predicted octanol–water partition coefficient (Wildman–Crippen LogP) is 3.93. The van der Waals surface area contributed by atoms with Crippen molar-refractivity contribution >= 4 is 21.9 Å². The Hall–Kier alpha value is -4.66. The van der Waals surface area contributed by atoms with E-state index < -0.39 is 0 Å². The lowest BCUT2D eigenvalue weighted by Crippen LogP contribution is -2.23. The third-order valence-electron chi connectivity index (χ3n) is 5.76. The molecule has 0 atom stereocenters. The Bertz CT molecular complexity index is 1690. The van der Waals surface area contributed by atoms with Gasteiger partial charge in [0.15, 0.2) is 11.2 Å². The molecule has 166 valence electrons. The van der Waals surface area contributed by atoms with Crippen LogP contribution in [-0.4, -0.2) is 34.7 Å². The normalized spacial score (nSPS) is 11.4. The van der Waals surface area contributed by atoms with Crippen molar-refractivity contribution in [2.45, 2.75) is 20.0 Å². The van der Waals surface area contributed by atoms with E-state index in [4.69, 9.17) is 9.51 Å². The minimum atomic E-state index is -0.237. The van der Waals surface area contributed by atoms with Gasteiger partial charge in [-0.1, -0.05) is 83.2 Å². The first-order valence-corrected chi connectivity index (χ1v) is 10.9. The van der Waals surface area contributed by atoms with Gasteiger partial charge in [-0.15, -0.1) is 5.10 Å². The van der Waals surface area contributed by atoms with Crippen molar-refractivity contribution in [2.24, 2.45) is 0 Å². The van der Waals surface area contributed by atoms with Gasteiger partial charge in [-0.25, -0.2) is 9.67 Å². The third kappa shape index (κ3) is 3.25. The van der Waals surface area contributed by atoms with Gasteiger partial charge < -0.3 is 4.52 Å². The van der Waals surface area contributed by atoms with Crippen molar-refractivity contribution in [3.63, 3.8) is 0 Å². The van der Waals surface area contributed by atoms with Crippen LogP contribution in [0.1, 0.15) is 12.8 Å². The second-order valence-corrected chi connectivity index (χ2v) is 7.81. The summed E-state index contributed by atoms with van der Waals surface area (Å²) in [6.07, 6.45) is 0. The average Bonchev–Trinajstić information content (AvgIpc) is 3.52. The van der Waals surface area contributed by atoms with Crippen molar-refractivity contribution < 1.29 is 4.52 Å². The van der Waals surface area contributed by atoms with Gasteiger partial charge >= 0.3 is 0 Å². The minimum Gasteiger partial charge on any atom is -0.337 e. The molecular weight excluding hydrogens is 430 g/mol. The quantitative estimate of drug-likeness (QED) is 0.393. The van der Waals surface area contributed by atoms with Crippen LogP contribution in [0.15, 0.2) is 82.1 Å². The fourth-order valence-electron chi connectivity index (χ4n) is 4.13. The molecule has 6 rings (SSSR count). The molecule has 3 aromatic carbocycles. The van der Waals surface area contributed by atoms with Gasteiger partial charge in [0.2, 0.25) is 11.7 Å². The van der Waals surface area contributed by atoms with Gasteiger partial charge in [0, 0.05) is 17.7 Å². The van der Waals surface area contributed by atoms with E-state index in [2.05, 4.69) is 20.5 Å². The molecule has 0 aliphatic carbocycles. The number of hydrogen-bond donors (Lipinski definition) is 0. The minimum absolute atomic E-state index is 0.144. The first kappa shape index (κ1) is 20.0. The van der Waals surface area contributed by atoms with E-state index in [1.54, 1.807) is 4.57 Å². The lowest BCUT2D eigenvalue weighted by molar-refractivity contribution is 0.366. The summed E-state index contributed by atoms with van der Waals surface area (Å²) >= 11 is 0. The highest BCUT2D eigenvalue weighted by Crippen LogP contribution is 2.26. The zero-order valence-electron chi connectivity index (χ0n) is 18.3. The van der Waals surface area contributed by atoms with Crippen LogP contribution in [0.2, 0.25) is 0 Å². The van der Waals surface area contributed by atoms with Crippen LogP contribution in [0.4, 0.5) is 0 Å². The van der Waals surface area contributed by atoms with Crippen LogP contribution < -0.4 is 5.56 Å². The standard InChI is InChI=1S/C25H19N7O2/c1-2-31-23(17-10-4-3-5-11-17)27-24-21(25(31)33)28-30-32(24)15-20-26-22(29-34-20)19-14-8-12-16-9-6-7-13-18(16)19/h3-14H,2,15H2,1H3. The first-order chi connectivity index (χ1) is 16.7. The molecule has 3 aromatic heterocycles. The fraction of sp³-hybridized carbons (Fsp3) is 0.120. The summed E-state index contributed by atoms with van der Waals surface area (Å²) in [4.78, 5) is 22.4. The SMILES string of the molecule is CCn1c(-c2ccccc2)nc2c(nnn2Cc2nc(-c3cccc4ccccc34)no2)c1=O. The predicted molar refractivity (Wildman–Crippen MR) is 127 cm³/mol. The second kappa shape index (κ2) is 8.04. The molecule has 34 heavy (non-hydrogen) atoms. The number of nitrogens with zero attached hydrogens (tertiary/aromatic N) is 7. The first-order valence-electron chi connectivity index (χ1n) is 10.9. The van der Waals surface area contributed by atoms with Crippen molar-refractivity contribution in [2.75, 3.05) is 0 Å². The molecule has 6 aromatic rings. The van der Waals surface area contributed by atoms with Crippen LogP contribution in [0.3, 0.4) is 0 Å². The highest BCUT2D eigenvalue weighted by atomic mass is 16.5. The van der Waals surface area contributed by atoms with Gasteiger partial charge in [-0.2, -0.15) is 4.98 Å². The molecule has 0 radical (unpaired) electrons. The van der Waals surface area contributed by atoms with Crippen molar-refractivity contribution in [3.05, 3.63) is 89.0 Å². The zero-order chi connectivity index (χ0) is 23.1. The third-order valence-corrected chi connectivity index (χ3v) is 5.76. The van der Waals surface area contributed by atoms with Crippen LogP contribution in [0.5, 0.6) is 0 Å². The molecule has 9 heteroatoms. The summed E-state index contributed by atoms with van der Waals surface area (Å²) in [5.74, 6) is 1.39. The maximum atomic E-state index is 13.1. The van der Waals surface area contributed by atoms with Crippen molar-refractivity contribution in [3.8, 4) is 22.8 Å². The lowest BCUT2D eigenvalue weighted by atomic mass is 10.0. The topological polar surface area (TPSA) is 105 Å². The number of aromatic nitrogens is 7. The molecule has 3 heterocycles. The summed E-state index contributed by atoms with van der Waals surface area (Å²) in [5.41, 5.74) is 2.06. The van der Waals surface area contributed by atoms with Crippen LogP contribution in [0, 0.1) is 0 Å². The Balaban J connectivity index is 1.41. The Kier molecular flexibility index (Phi) is 4.72. The van der Waals surface area contributed by atoms with Gasteiger partial charge in [0.05, 0.1) is 0 Å². The highest BCUT2D eigenvalue weighted by molar-refractivity contribution is 5.94. The Morgan fingerprint density at radius 1 is 0.912 bits per heavy atom.